The van der Waals surface area contributed by atoms with Gasteiger partial charge in [-0.25, -0.2) is 4.39 Å². The van der Waals surface area contributed by atoms with Gasteiger partial charge in [0.25, 0.3) is 0 Å². The summed E-state index contributed by atoms with van der Waals surface area (Å²) >= 11 is 6.03. The fourth-order valence-electron chi connectivity index (χ4n) is 2.99. The van der Waals surface area contributed by atoms with Crippen LogP contribution in [0.4, 0.5) is 4.39 Å². The van der Waals surface area contributed by atoms with E-state index in [9.17, 15) is 14.3 Å². The maximum atomic E-state index is 13.1. The second-order valence-electron chi connectivity index (χ2n) is 5.23. The zero-order chi connectivity index (χ0) is 13.8. The lowest BCUT2D eigenvalue weighted by Crippen LogP contribution is -2.21. The number of hydrogen-bond donors (Lipinski definition) is 1. The Balaban J connectivity index is 2.30. The van der Waals surface area contributed by atoms with Crippen LogP contribution in [-0.4, -0.2) is 11.1 Å². The fourth-order valence-corrected chi connectivity index (χ4v) is 3.27. The molecule has 1 saturated carbocycles. The predicted octanol–water partition coefficient (Wildman–Crippen LogP) is 4.62. The number of hydrogen-bond acceptors (Lipinski definition) is 1. The minimum absolute atomic E-state index is 0.1000. The second-order valence-corrected chi connectivity index (χ2v) is 5.64. The van der Waals surface area contributed by atoms with Crippen LogP contribution in [0, 0.1) is 11.7 Å². The number of halogens is 2. The molecular formula is C15H18ClFO2. The maximum Gasteiger partial charge on any atom is 0.311 e. The molecular weight excluding hydrogens is 267 g/mol. The highest BCUT2D eigenvalue weighted by atomic mass is 35.5. The van der Waals surface area contributed by atoms with Crippen molar-refractivity contribution in [3.05, 3.63) is 34.6 Å². The van der Waals surface area contributed by atoms with E-state index in [1.165, 1.54) is 31.0 Å². The summed E-state index contributed by atoms with van der Waals surface area (Å²) < 4.78 is 13.1. The molecule has 104 valence electrons. The summed E-state index contributed by atoms with van der Waals surface area (Å²) in [6, 6.07) is 4.00. The van der Waals surface area contributed by atoms with Crippen molar-refractivity contribution in [1.29, 1.82) is 0 Å². The van der Waals surface area contributed by atoms with Gasteiger partial charge in [-0.3, -0.25) is 4.79 Å². The van der Waals surface area contributed by atoms with Gasteiger partial charge in [-0.05, 0) is 36.5 Å². The molecule has 0 radical (unpaired) electrons. The standard InChI is InChI=1S/C15H18ClFO2/c16-13-9-11(17)7-8-12(13)14(15(18)19)10-5-3-1-2-4-6-10/h7-10,14H,1-6H2,(H,18,19). The van der Waals surface area contributed by atoms with Crippen LogP contribution in [-0.2, 0) is 4.79 Å². The SMILES string of the molecule is O=C(O)C(c1ccc(F)cc1Cl)C1CCCCCC1. The van der Waals surface area contributed by atoms with Crippen molar-refractivity contribution < 1.29 is 14.3 Å². The highest BCUT2D eigenvalue weighted by Gasteiger charge is 2.31. The van der Waals surface area contributed by atoms with Crippen molar-refractivity contribution in [1.82, 2.24) is 0 Å². The van der Waals surface area contributed by atoms with Gasteiger partial charge in [0.1, 0.15) is 5.82 Å². The van der Waals surface area contributed by atoms with Gasteiger partial charge in [-0.2, -0.15) is 0 Å². The summed E-state index contributed by atoms with van der Waals surface area (Å²) in [5.41, 5.74) is 0.544. The number of aliphatic carboxylic acids is 1. The van der Waals surface area contributed by atoms with Gasteiger partial charge in [-0.15, -0.1) is 0 Å². The quantitative estimate of drug-likeness (QED) is 0.823. The first-order valence-electron chi connectivity index (χ1n) is 6.77. The summed E-state index contributed by atoms with van der Waals surface area (Å²) in [5.74, 6) is -1.81. The van der Waals surface area contributed by atoms with E-state index in [4.69, 9.17) is 11.6 Å². The van der Waals surface area contributed by atoms with E-state index >= 15 is 0 Å². The van der Waals surface area contributed by atoms with Gasteiger partial charge in [0.2, 0.25) is 0 Å². The normalized spacial score (nSPS) is 18.8. The van der Waals surface area contributed by atoms with E-state index in [0.717, 1.165) is 25.7 Å². The van der Waals surface area contributed by atoms with Crippen molar-refractivity contribution in [2.24, 2.45) is 5.92 Å². The van der Waals surface area contributed by atoms with Gasteiger partial charge in [0, 0.05) is 5.02 Å². The number of benzene rings is 1. The summed E-state index contributed by atoms with van der Waals surface area (Å²) in [4.78, 5) is 11.6. The lowest BCUT2D eigenvalue weighted by atomic mass is 9.81. The first kappa shape index (κ1) is 14.3. The van der Waals surface area contributed by atoms with Crippen molar-refractivity contribution >= 4 is 17.6 Å². The molecule has 1 unspecified atom stereocenters. The topological polar surface area (TPSA) is 37.3 Å². The molecule has 0 saturated heterocycles. The Morgan fingerprint density at radius 2 is 1.89 bits per heavy atom. The van der Waals surface area contributed by atoms with Crippen LogP contribution < -0.4 is 0 Å². The number of rotatable bonds is 3. The molecule has 0 heterocycles. The molecule has 1 aliphatic carbocycles. The molecule has 1 aromatic rings. The fraction of sp³-hybridized carbons (Fsp3) is 0.533. The number of carboxylic acid groups (broad SMARTS) is 1. The van der Waals surface area contributed by atoms with Gasteiger partial charge >= 0.3 is 5.97 Å². The third-order valence-corrected chi connectivity index (χ3v) is 4.26. The van der Waals surface area contributed by atoms with Crippen LogP contribution in [0.15, 0.2) is 18.2 Å². The molecule has 2 rings (SSSR count). The zero-order valence-electron chi connectivity index (χ0n) is 10.7. The molecule has 1 N–H and O–H groups in total. The molecule has 2 nitrogen and oxygen atoms in total. The Labute approximate surface area is 117 Å². The maximum absolute atomic E-state index is 13.1. The van der Waals surface area contributed by atoms with E-state index in [1.807, 2.05) is 0 Å². The van der Waals surface area contributed by atoms with Crippen molar-refractivity contribution in [2.45, 2.75) is 44.4 Å². The van der Waals surface area contributed by atoms with Crippen molar-refractivity contribution in [3.8, 4) is 0 Å². The van der Waals surface area contributed by atoms with Crippen LogP contribution in [0.2, 0.25) is 5.02 Å². The third-order valence-electron chi connectivity index (χ3n) is 3.93. The van der Waals surface area contributed by atoms with E-state index in [1.54, 1.807) is 0 Å². The minimum Gasteiger partial charge on any atom is -0.481 e. The average Bonchev–Trinajstić information content (AvgIpc) is 2.61. The van der Waals surface area contributed by atoms with Crippen LogP contribution in [0.3, 0.4) is 0 Å². The lowest BCUT2D eigenvalue weighted by Gasteiger charge is -2.23. The first-order valence-corrected chi connectivity index (χ1v) is 7.15. The summed E-state index contributed by atoms with van der Waals surface area (Å²) in [6.45, 7) is 0. The Morgan fingerprint density at radius 3 is 2.42 bits per heavy atom. The van der Waals surface area contributed by atoms with Gasteiger partial charge in [0.05, 0.1) is 5.92 Å². The van der Waals surface area contributed by atoms with Crippen LogP contribution in [0.25, 0.3) is 0 Å². The van der Waals surface area contributed by atoms with E-state index in [-0.39, 0.29) is 10.9 Å². The van der Waals surface area contributed by atoms with E-state index < -0.39 is 17.7 Å². The average molecular weight is 285 g/mol. The van der Waals surface area contributed by atoms with E-state index in [0.29, 0.717) is 5.56 Å². The molecule has 1 fully saturated rings. The zero-order valence-corrected chi connectivity index (χ0v) is 11.5. The molecule has 0 bridgehead atoms. The molecule has 0 aliphatic heterocycles. The lowest BCUT2D eigenvalue weighted by molar-refractivity contribution is -0.140. The molecule has 0 spiro atoms. The first-order chi connectivity index (χ1) is 9.09. The largest absolute Gasteiger partial charge is 0.481 e. The number of carboxylic acids is 1. The van der Waals surface area contributed by atoms with Gasteiger partial charge in [-0.1, -0.05) is 43.4 Å². The Hall–Kier alpha value is -1.09. The highest BCUT2D eigenvalue weighted by molar-refractivity contribution is 6.31. The minimum atomic E-state index is -0.861. The molecule has 1 atom stereocenters. The summed E-state index contributed by atoms with van der Waals surface area (Å²) in [7, 11) is 0. The van der Waals surface area contributed by atoms with Gasteiger partial charge < -0.3 is 5.11 Å². The van der Waals surface area contributed by atoms with Crippen molar-refractivity contribution in [2.75, 3.05) is 0 Å². The van der Waals surface area contributed by atoms with Gasteiger partial charge in [0.15, 0.2) is 0 Å². The summed E-state index contributed by atoms with van der Waals surface area (Å²) in [6.07, 6.45) is 6.27. The highest BCUT2D eigenvalue weighted by Crippen LogP contribution is 2.38. The van der Waals surface area contributed by atoms with Crippen LogP contribution in [0.5, 0.6) is 0 Å². The van der Waals surface area contributed by atoms with Crippen molar-refractivity contribution in [3.63, 3.8) is 0 Å². The van der Waals surface area contributed by atoms with E-state index in [2.05, 4.69) is 0 Å². The number of carbonyl (C=O) groups is 1. The molecule has 0 aromatic heterocycles. The molecule has 1 aromatic carbocycles. The smallest absolute Gasteiger partial charge is 0.311 e. The Bertz CT molecular complexity index is 453. The molecule has 19 heavy (non-hydrogen) atoms. The second kappa shape index (κ2) is 6.38. The third kappa shape index (κ3) is 3.47. The molecule has 4 heteroatoms. The Kier molecular flexibility index (Phi) is 4.81. The summed E-state index contributed by atoms with van der Waals surface area (Å²) in [5, 5.41) is 9.73. The van der Waals surface area contributed by atoms with Crippen LogP contribution in [0.1, 0.15) is 50.0 Å². The predicted molar refractivity (Wildman–Crippen MR) is 73.0 cm³/mol. The Morgan fingerprint density at radius 1 is 1.26 bits per heavy atom. The monoisotopic (exact) mass is 284 g/mol. The molecule has 1 aliphatic rings. The molecule has 0 amide bonds. The van der Waals surface area contributed by atoms with Crippen LogP contribution >= 0.6 is 11.6 Å².